The van der Waals surface area contributed by atoms with Crippen molar-refractivity contribution in [3.05, 3.63) is 0 Å². The highest BCUT2D eigenvalue weighted by Gasteiger charge is 2.53. The minimum absolute atomic E-state index is 0.0183. The van der Waals surface area contributed by atoms with Crippen LogP contribution in [0.2, 0.25) is 0 Å². The Morgan fingerprint density at radius 2 is 1.21 bits per heavy atom. The lowest BCUT2D eigenvalue weighted by Gasteiger charge is -2.42. The van der Waals surface area contributed by atoms with Gasteiger partial charge in [0.1, 0.15) is 60.0 Å². The zero-order chi connectivity index (χ0) is 78.1. The predicted molar refractivity (Wildman–Crippen MR) is 391 cm³/mol. The highest BCUT2D eigenvalue weighted by Crippen LogP contribution is 2.44. The minimum Gasteiger partial charge on any atom is -0.371 e. The zero-order valence-corrected chi connectivity index (χ0v) is 65.6. The maximum Gasteiger partial charge on any atom is 0.393 e. The van der Waals surface area contributed by atoms with Crippen LogP contribution < -0.4 is 16.0 Å². The predicted octanol–water partition coefficient (Wildman–Crippen LogP) is 6.73. The van der Waals surface area contributed by atoms with Crippen molar-refractivity contribution >= 4 is 82.5 Å². The van der Waals surface area contributed by atoms with Crippen molar-refractivity contribution in [2.75, 3.05) is 81.6 Å². The number of carbonyl (C=O) groups is 12. The Labute approximate surface area is 634 Å². The third-order valence-corrected chi connectivity index (χ3v) is 25.9. The van der Waals surface area contributed by atoms with Gasteiger partial charge in [-0.05, 0) is 164 Å². The number of nitrogens with zero attached hydrogens (tertiary/aromatic N) is 9. The number of likely N-dealkylation sites (tertiary alicyclic amines) is 1. The molecule has 9 rings (SSSR count). The van der Waals surface area contributed by atoms with Crippen molar-refractivity contribution in [1.29, 1.82) is 0 Å². The molecule has 30 heteroatoms. The molecule has 1 spiro atoms. The molecule has 0 aromatic heterocycles. The number of alkyl halides is 5. The van der Waals surface area contributed by atoms with Crippen molar-refractivity contribution < 1.29 is 79.8 Å². The molecule has 9 fully saturated rings. The SMILES string of the molecule is CC[C@H](C)[C@@H]1NC(=O)[C@H](CC(C)C)N(C)C(=O)C[C@@H](C(=O)N2CC3CCC(C2)O3)N(C)C(=O)[C@H](C2CCCC2)N(C)C(=O)C2(CCCC2)NC(=O)[C@@H]2CCCN2C(=O)[C@H](CCC2CCC(C(F)(F)F)C(Cl)C2)NC(=O)CN(C)C(=O)[C@H](CC2CCC(F)CC2)N2CCCCC[C@@H](C2=O)N(C)C(=O)CN(C)C1=O. The molecule has 602 valence electrons. The fourth-order valence-corrected chi connectivity index (χ4v) is 19.2. The van der Waals surface area contributed by atoms with E-state index in [0.717, 1.165) is 17.7 Å². The van der Waals surface area contributed by atoms with Gasteiger partial charge in [-0.3, -0.25) is 57.5 Å². The Bertz CT molecular complexity index is 3180. The minimum atomic E-state index is -4.53. The first-order chi connectivity index (χ1) is 50.6. The van der Waals surface area contributed by atoms with Gasteiger partial charge in [-0.2, -0.15) is 13.2 Å². The third-order valence-electron chi connectivity index (χ3n) is 25.5. The van der Waals surface area contributed by atoms with E-state index in [4.69, 9.17) is 16.3 Å². The summed E-state index contributed by atoms with van der Waals surface area (Å²) in [6.07, 6.45) is 2.77. The number of halogens is 5. The summed E-state index contributed by atoms with van der Waals surface area (Å²) in [5.74, 6) is -11.1. The highest BCUT2D eigenvalue weighted by molar-refractivity contribution is 6.21. The second kappa shape index (κ2) is 37.1. The van der Waals surface area contributed by atoms with Crippen molar-refractivity contribution in [2.24, 2.45) is 35.5 Å². The van der Waals surface area contributed by atoms with E-state index in [0.29, 0.717) is 83.5 Å². The monoisotopic (exact) mass is 1530 g/mol. The molecular formula is C77H121ClF4N12O13. The van der Waals surface area contributed by atoms with E-state index in [2.05, 4.69) is 16.0 Å². The molecular weight excluding hydrogens is 1410 g/mol. The fourth-order valence-electron chi connectivity index (χ4n) is 18.7. The van der Waals surface area contributed by atoms with Crippen LogP contribution >= 0.6 is 11.6 Å². The zero-order valence-electron chi connectivity index (χ0n) is 64.9. The van der Waals surface area contributed by atoms with Gasteiger partial charge < -0.3 is 64.8 Å². The number of hydrogen-bond acceptors (Lipinski definition) is 13. The van der Waals surface area contributed by atoms with Gasteiger partial charge in [-0.15, -0.1) is 11.6 Å². The topological polar surface area (TPSA) is 279 Å². The Kier molecular flexibility index (Phi) is 29.3. The number of likely N-dealkylation sites (N-methyl/N-ethyl adjacent to an activating group) is 6. The van der Waals surface area contributed by atoms with E-state index in [9.17, 15) is 31.9 Å². The molecule has 5 aliphatic heterocycles. The molecule has 4 aliphatic carbocycles. The summed E-state index contributed by atoms with van der Waals surface area (Å²) in [4.78, 5) is 195. The van der Waals surface area contributed by atoms with Crippen molar-refractivity contribution in [1.82, 2.24) is 60.0 Å². The van der Waals surface area contributed by atoms with E-state index >= 15 is 43.2 Å². The first-order valence-electron chi connectivity index (χ1n) is 40.0. The maximum absolute atomic E-state index is 15.9. The quantitative estimate of drug-likeness (QED) is 0.143. The normalized spacial score (nSPS) is 33.3. The molecule has 0 aromatic rings. The van der Waals surface area contributed by atoms with Crippen molar-refractivity contribution in [3.63, 3.8) is 0 Å². The average Bonchev–Trinajstić information content (AvgIpc) is 1.72. The Hall–Kier alpha value is -6.39. The number of morpholine rings is 1. The Morgan fingerprint density at radius 3 is 1.84 bits per heavy atom. The first-order valence-corrected chi connectivity index (χ1v) is 40.4. The highest BCUT2D eigenvalue weighted by atomic mass is 35.5. The number of hydrogen-bond donors (Lipinski definition) is 3. The smallest absolute Gasteiger partial charge is 0.371 e. The van der Waals surface area contributed by atoms with E-state index in [1.807, 2.05) is 20.8 Å². The van der Waals surface area contributed by atoms with Crippen LogP contribution in [0.5, 0.6) is 0 Å². The summed E-state index contributed by atoms with van der Waals surface area (Å²) >= 11 is 6.44. The van der Waals surface area contributed by atoms with Crippen molar-refractivity contribution in [3.8, 4) is 0 Å². The number of ether oxygens (including phenoxy) is 1. The largest absolute Gasteiger partial charge is 0.393 e. The molecule has 4 bridgehead atoms. The number of fused-ring (bicyclic) bond motifs is 5. The molecule has 3 N–H and O–H groups in total. The van der Waals surface area contributed by atoms with Gasteiger partial charge in [0, 0.05) is 73.8 Å². The Balaban J connectivity index is 1.09. The van der Waals surface area contributed by atoms with Gasteiger partial charge in [-0.1, -0.05) is 72.6 Å². The fraction of sp³-hybridized carbons (Fsp3) is 0.844. The van der Waals surface area contributed by atoms with Gasteiger partial charge in [0.25, 0.3) is 0 Å². The summed E-state index contributed by atoms with van der Waals surface area (Å²) in [6.45, 7) is 6.72. The van der Waals surface area contributed by atoms with E-state index in [1.54, 1.807) is 11.8 Å². The summed E-state index contributed by atoms with van der Waals surface area (Å²) in [5, 5.41) is 7.66. The maximum atomic E-state index is 15.9. The molecule has 107 heavy (non-hydrogen) atoms. The van der Waals surface area contributed by atoms with Crippen LogP contribution in [0.3, 0.4) is 0 Å². The molecule has 9 aliphatic rings. The van der Waals surface area contributed by atoms with Gasteiger partial charge in [0.05, 0.1) is 37.6 Å². The second-order valence-corrected chi connectivity index (χ2v) is 34.0. The molecule has 25 nitrogen and oxygen atoms in total. The first kappa shape index (κ1) is 84.6. The third kappa shape index (κ3) is 20.4. The summed E-state index contributed by atoms with van der Waals surface area (Å²) in [5.41, 5.74) is -1.58. The Morgan fingerprint density at radius 1 is 0.598 bits per heavy atom. The molecule has 14 atom stereocenters. The van der Waals surface area contributed by atoms with Crippen LogP contribution in [0, 0.1) is 35.5 Å². The molecule has 12 amide bonds. The van der Waals surface area contributed by atoms with E-state index in [1.165, 1.54) is 76.6 Å². The molecule has 4 saturated carbocycles. The summed E-state index contributed by atoms with van der Waals surface area (Å²) in [6, 6.07) is -9.98. The number of rotatable bonds is 11. The van der Waals surface area contributed by atoms with E-state index in [-0.39, 0.29) is 140 Å². The molecule has 0 aromatic carbocycles. The van der Waals surface area contributed by atoms with Gasteiger partial charge >= 0.3 is 6.18 Å². The van der Waals surface area contributed by atoms with Gasteiger partial charge in [0.15, 0.2) is 0 Å². The lowest BCUT2D eigenvalue weighted by molar-refractivity contribution is -0.182. The lowest BCUT2D eigenvalue weighted by Crippen LogP contribution is -2.65. The molecule has 5 heterocycles. The van der Waals surface area contributed by atoms with Gasteiger partial charge in [0.2, 0.25) is 70.9 Å². The second-order valence-electron chi connectivity index (χ2n) is 33.5. The van der Waals surface area contributed by atoms with Crippen LogP contribution in [-0.2, 0) is 62.3 Å². The van der Waals surface area contributed by atoms with Gasteiger partial charge in [-0.25, -0.2) is 4.39 Å². The van der Waals surface area contributed by atoms with Crippen LogP contribution in [-0.4, -0.2) is 280 Å². The van der Waals surface area contributed by atoms with Crippen molar-refractivity contribution in [2.45, 2.75) is 298 Å². The average molecular weight is 1530 g/mol. The summed E-state index contributed by atoms with van der Waals surface area (Å²) < 4.78 is 63.2. The standard InChI is InChI=1S/C77H121ClF4N12O13/c1-11-47(4)65-73(104)87(6)45-64(97)88(7)58-22-13-12-18-36-94(72(58)103)61(40-49-24-28-51(79)29-25-49)70(101)86(5)44-62(95)83-56(33-27-48-26-32-54(55(78)39-48)77(80,81)82)69(100)93-37-19-23-57(93)68(99)85-76(34-16-17-35-76)75(106)91(10)66(50-20-14-15-21-50)74(105)90(9)60(71(102)92-42-52-30-31-53(43-92)107-52)41-63(96)89(8)59(38-46(2)3)67(98)84-65/h46-61,65-66H,11-45H2,1-10H3,(H,83,95)(H,84,98)(H,85,99)/t47-,48?,49?,51?,52?,53?,54?,55?,56-,57-,58-,59-,60-,61-,65-,66-/m0/s1. The molecule has 0 radical (unpaired) electrons. The van der Waals surface area contributed by atoms with Crippen LogP contribution in [0.4, 0.5) is 17.6 Å². The number of carbonyl (C=O) groups excluding carboxylic acids is 12. The lowest BCUT2D eigenvalue weighted by atomic mass is 9.78. The van der Waals surface area contributed by atoms with Crippen LogP contribution in [0.15, 0.2) is 0 Å². The summed E-state index contributed by atoms with van der Waals surface area (Å²) in [7, 11) is 8.67. The van der Waals surface area contributed by atoms with Crippen LogP contribution in [0.25, 0.3) is 0 Å². The van der Waals surface area contributed by atoms with Crippen LogP contribution in [0.1, 0.15) is 214 Å². The molecule has 5 saturated heterocycles. The van der Waals surface area contributed by atoms with E-state index < -0.39 is 180 Å². The number of amides is 12. The number of nitrogens with one attached hydrogen (secondary N) is 3. The molecule has 5 unspecified atom stereocenters.